The number of nitrogens with zero attached hydrogens (tertiary/aromatic N) is 2. The van der Waals surface area contributed by atoms with Crippen molar-refractivity contribution in [3.05, 3.63) is 12.3 Å². The molecule has 7 heteroatoms. The standard InChI is InChI=1S/C43H82N2O5/c1-6-9-12-14-22-29-39-49-42(47)33-25-18-15-20-27-36-45(38-30-35-44(5)40(4)46)37-28-21-16-19-26-34-43(48)50-41(31-23-11-8-3)32-24-17-13-10-7-2/h30,38,41H,6-29,31-37,39H2,1-5H3/b38-30+. The van der Waals surface area contributed by atoms with Crippen LogP contribution in [0.2, 0.25) is 0 Å². The van der Waals surface area contributed by atoms with Crippen LogP contribution in [0.5, 0.6) is 0 Å². The highest BCUT2D eigenvalue weighted by atomic mass is 16.5. The van der Waals surface area contributed by atoms with Crippen LogP contribution in [0.1, 0.15) is 207 Å². The van der Waals surface area contributed by atoms with Gasteiger partial charge in [0.15, 0.2) is 0 Å². The monoisotopic (exact) mass is 707 g/mol. The van der Waals surface area contributed by atoms with Crippen molar-refractivity contribution in [3.63, 3.8) is 0 Å². The Hall–Kier alpha value is -2.05. The minimum atomic E-state index is -0.0414. The second kappa shape index (κ2) is 36.7. The van der Waals surface area contributed by atoms with E-state index in [0.29, 0.717) is 26.0 Å². The second-order valence-electron chi connectivity index (χ2n) is 14.7. The molecule has 0 aliphatic heterocycles. The van der Waals surface area contributed by atoms with E-state index >= 15 is 0 Å². The van der Waals surface area contributed by atoms with Crippen LogP contribution in [0.15, 0.2) is 12.3 Å². The number of ether oxygens (including phenoxy) is 2. The van der Waals surface area contributed by atoms with Crippen molar-refractivity contribution >= 4 is 17.8 Å². The molecule has 1 amide bonds. The Morgan fingerprint density at radius 3 is 1.56 bits per heavy atom. The van der Waals surface area contributed by atoms with Crippen molar-refractivity contribution in [3.8, 4) is 0 Å². The van der Waals surface area contributed by atoms with Crippen LogP contribution in [-0.4, -0.2) is 67.0 Å². The molecule has 0 bridgehead atoms. The Kier molecular flexibility index (Phi) is 35.2. The molecule has 0 radical (unpaired) electrons. The van der Waals surface area contributed by atoms with E-state index in [1.165, 1.54) is 70.6 Å². The molecule has 0 fully saturated rings. The summed E-state index contributed by atoms with van der Waals surface area (Å²) in [6.07, 6.45) is 35.3. The lowest BCUT2D eigenvalue weighted by atomic mass is 10.0. The number of hydrogen-bond donors (Lipinski definition) is 0. The molecule has 1 atom stereocenters. The zero-order chi connectivity index (χ0) is 36.9. The van der Waals surface area contributed by atoms with Crippen molar-refractivity contribution in [1.29, 1.82) is 0 Å². The molecule has 0 N–H and O–H groups in total. The van der Waals surface area contributed by atoms with E-state index in [1.807, 2.05) is 7.05 Å². The summed E-state index contributed by atoms with van der Waals surface area (Å²) in [6, 6.07) is 0. The molecular weight excluding hydrogens is 624 g/mol. The lowest BCUT2D eigenvalue weighted by Crippen LogP contribution is -2.25. The Balaban J connectivity index is 4.28. The predicted molar refractivity (Wildman–Crippen MR) is 211 cm³/mol. The predicted octanol–water partition coefficient (Wildman–Crippen LogP) is 11.7. The van der Waals surface area contributed by atoms with Crippen LogP contribution in [0, 0.1) is 0 Å². The van der Waals surface area contributed by atoms with Crippen LogP contribution in [0.25, 0.3) is 0 Å². The highest BCUT2D eigenvalue weighted by molar-refractivity contribution is 5.73. The lowest BCUT2D eigenvalue weighted by molar-refractivity contribution is -0.150. The molecule has 0 aliphatic rings. The maximum atomic E-state index is 12.6. The molecule has 0 heterocycles. The summed E-state index contributed by atoms with van der Waals surface area (Å²) in [5.41, 5.74) is 0. The first-order chi connectivity index (χ1) is 24.3. The molecule has 0 spiro atoms. The maximum absolute atomic E-state index is 12.6. The quantitative estimate of drug-likeness (QED) is 0.0473. The smallest absolute Gasteiger partial charge is 0.306 e. The molecule has 0 saturated heterocycles. The van der Waals surface area contributed by atoms with Gasteiger partial charge in [-0.25, -0.2) is 0 Å². The first kappa shape index (κ1) is 48.0. The minimum Gasteiger partial charge on any atom is -0.466 e. The number of rotatable bonds is 37. The summed E-state index contributed by atoms with van der Waals surface area (Å²) in [6.45, 7) is 11.5. The normalized spacial score (nSPS) is 11.9. The zero-order valence-electron chi connectivity index (χ0n) is 33.8. The summed E-state index contributed by atoms with van der Waals surface area (Å²) in [7, 11) is 1.83. The third kappa shape index (κ3) is 33.1. The highest BCUT2D eigenvalue weighted by Gasteiger charge is 2.14. The van der Waals surface area contributed by atoms with Gasteiger partial charge in [0.1, 0.15) is 6.10 Å². The number of carbonyl (C=O) groups excluding carboxylic acids is 3. The van der Waals surface area contributed by atoms with Gasteiger partial charge in [0.25, 0.3) is 0 Å². The van der Waals surface area contributed by atoms with Crippen LogP contribution in [0.4, 0.5) is 0 Å². The van der Waals surface area contributed by atoms with Gasteiger partial charge >= 0.3 is 11.9 Å². The van der Waals surface area contributed by atoms with E-state index in [0.717, 1.165) is 109 Å². The van der Waals surface area contributed by atoms with Crippen molar-refractivity contribution in [1.82, 2.24) is 9.80 Å². The van der Waals surface area contributed by atoms with E-state index < -0.39 is 0 Å². The fraction of sp³-hybridized carbons (Fsp3) is 0.884. The van der Waals surface area contributed by atoms with Gasteiger partial charge in [0.2, 0.25) is 5.91 Å². The van der Waals surface area contributed by atoms with Gasteiger partial charge in [0, 0.05) is 46.4 Å². The van der Waals surface area contributed by atoms with E-state index in [1.54, 1.807) is 11.8 Å². The van der Waals surface area contributed by atoms with E-state index in [4.69, 9.17) is 9.47 Å². The van der Waals surface area contributed by atoms with Gasteiger partial charge in [-0.15, -0.1) is 0 Å². The third-order valence-corrected chi connectivity index (χ3v) is 9.70. The molecule has 0 aromatic heterocycles. The molecule has 0 aromatic carbocycles. The fourth-order valence-corrected chi connectivity index (χ4v) is 6.22. The van der Waals surface area contributed by atoms with E-state index in [2.05, 4.69) is 37.9 Å². The Morgan fingerprint density at radius 2 is 1.00 bits per heavy atom. The van der Waals surface area contributed by atoms with Crippen molar-refractivity contribution in [2.24, 2.45) is 0 Å². The molecule has 1 unspecified atom stereocenters. The van der Waals surface area contributed by atoms with Gasteiger partial charge in [-0.3, -0.25) is 14.4 Å². The summed E-state index contributed by atoms with van der Waals surface area (Å²) >= 11 is 0. The Labute approximate surface area is 310 Å². The molecule has 294 valence electrons. The van der Waals surface area contributed by atoms with E-state index in [9.17, 15) is 14.4 Å². The average molecular weight is 707 g/mol. The number of unbranched alkanes of at least 4 members (excludes halogenated alkanes) is 19. The summed E-state index contributed by atoms with van der Waals surface area (Å²) < 4.78 is 11.3. The SMILES string of the molecule is CCCCCCCCOC(=O)CCCCCCCN(/C=C/CN(C)C(C)=O)CCCCCCCC(=O)OC(CCCCC)CCCCCCC. The lowest BCUT2D eigenvalue weighted by Gasteiger charge is -2.21. The molecule has 0 saturated carbocycles. The number of carbonyl (C=O) groups is 3. The zero-order valence-corrected chi connectivity index (χ0v) is 33.8. The topological polar surface area (TPSA) is 76.2 Å². The molecular formula is C43H82N2O5. The van der Waals surface area contributed by atoms with Gasteiger partial charge in [-0.1, -0.05) is 130 Å². The summed E-state index contributed by atoms with van der Waals surface area (Å²) in [4.78, 5) is 40.3. The summed E-state index contributed by atoms with van der Waals surface area (Å²) in [5.74, 6) is 0.0291. The Bertz CT molecular complexity index is 817. The van der Waals surface area contributed by atoms with E-state index in [-0.39, 0.29) is 23.9 Å². The van der Waals surface area contributed by atoms with Crippen molar-refractivity contribution in [2.75, 3.05) is 33.3 Å². The van der Waals surface area contributed by atoms with Gasteiger partial charge in [0.05, 0.1) is 6.61 Å². The molecule has 50 heavy (non-hydrogen) atoms. The van der Waals surface area contributed by atoms with Gasteiger partial charge < -0.3 is 19.3 Å². The first-order valence-electron chi connectivity index (χ1n) is 21.3. The number of likely N-dealkylation sites (N-methyl/N-ethyl adjacent to an activating group) is 1. The number of amides is 1. The highest BCUT2D eigenvalue weighted by Crippen LogP contribution is 2.17. The molecule has 0 rings (SSSR count). The third-order valence-electron chi connectivity index (χ3n) is 9.70. The van der Waals surface area contributed by atoms with Gasteiger partial charge in [-0.05, 0) is 70.1 Å². The Morgan fingerprint density at radius 1 is 0.560 bits per heavy atom. The van der Waals surface area contributed by atoms with Crippen LogP contribution in [0.3, 0.4) is 0 Å². The van der Waals surface area contributed by atoms with Crippen LogP contribution >= 0.6 is 0 Å². The largest absolute Gasteiger partial charge is 0.466 e. The number of esters is 2. The number of hydrogen-bond acceptors (Lipinski definition) is 6. The van der Waals surface area contributed by atoms with Crippen LogP contribution < -0.4 is 0 Å². The molecule has 0 aliphatic carbocycles. The molecule has 0 aromatic rings. The van der Waals surface area contributed by atoms with Crippen molar-refractivity contribution < 1.29 is 23.9 Å². The second-order valence-corrected chi connectivity index (χ2v) is 14.7. The molecule has 7 nitrogen and oxygen atoms in total. The van der Waals surface area contributed by atoms with Crippen molar-refractivity contribution in [2.45, 2.75) is 214 Å². The first-order valence-corrected chi connectivity index (χ1v) is 21.3. The summed E-state index contributed by atoms with van der Waals surface area (Å²) in [5, 5.41) is 0. The fourth-order valence-electron chi connectivity index (χ4n) is 6.22. The maximum Gasteiger partial charge on any atom is 0.306 e. The average Bonchev–Trinajstić information content (AvgIpc) is 3.09. The van der Waals surface area contributed by atoms with Gasteiger partial charge in [-0.2, -0.15) is 0 Å². The van der Waals surface area contributed by atoms with Crippen LogP contribution in [-0.2, 0) is 23.9 Å². The minimum absolute atomic E-state index is 0.00433.